The molecule has 6 aliphatic rings. The van der Waals surface area contributed by atoms with Gasteiger partial charge in [-0.1, -0.05) is 121 Å². The highest BCUT2D eigenvalue weighted by molar-refractivity contribution is 6.36. The summed E-state index contributed by atoms with van der Waals surface area (Å²) in [5, 5.41) is 26.9. The van der Waals surface area contributed by atoms with Gasteiger partial charge >= 0.3 is 0 Å². The number of likely N-dealkylation sites (N-methyl/N-ethyl adjacent to an activating group) is 2. The molecule has 11 rings (SSSR count). The Morgan fingerprint density at radius 3 is 1.26 bits per heavy atom. The number of hydrogen-bond donors (Lipinski definition) is 0. The Balaban J connectivity index is 0.943. The second kappa shape index (κ2) is 19.5. The predicted octanol–water partition coefficient (Wildman–Crippen LogP) is 16.9. The number of anilines is 2. The molecule has 14 heteroatoms. The van der Waals surface area contributed by atoms with E-state index < -0.39 is 10.8 Å². The minimum atomic E-state index is -0.560. The third kappa shape index (κ3) is 8.44. The average molecular weight is 1100 g/mol. The summed E-state index contributed by atoms with van der Waals surface area (Å²) in [4.78, 5) is 28.2. The third-order valence-corrected chi connectivity index (χ3v) is 18.8. The summed E-state index contributed by atoms with van der Waals surface area (Å²) in [6, 6.07) is 26.8. The Morgan fingerprint density at radius 1 is 0.539 bits per heavy atom. The Morgan fingerprint density at radius 2 is 0.908 bits per heavy atom. The van der Waals surface area contributed by atoms with Gasteiger partial charge in [0.2, 0.25) is 11.4 Å². The van der Waals surface area contributed by atoms with E-state index in [4.69, 9.17) is 46.4 Å². The lowest BCUT2D eigenvalue weighted by molar-refractivity contribution is -0.456. The summed E-state index contributed by atoms with van der Waals surface area (Å²) in [6.07, 6.45) is 24.0. The molecule has 2 aliphatic carbocycles. The van der Waals surface area contributed by atoms with Crippen molar-refractivity contribution in [3.8, 4) is 0 Å². The Bertz CT molecular complexity index is 3260. The molecule has 5 aromatic carbocycles. The zero-order chi connectivity index (χ0) is 53.6. The van der Waals surface area contributed by atoms with Crippen LogP contribution in [-0.4, -0.2) is 44.5 Å². The van der Waals surface area contributed by atoms with Crippen LogP contribution in [0.4, 0.5) is 34.1 Å². The van der Waals surface area contributed by atoms with Crippen LogP contribution in [0.3, 0.4) is 0 Å². The maximum atomic E-state index is 12.2. The molecule has 5 aromatic rings. The molecule has 2 fully saturated rings. The minimum absolute atomic E-state index is 0.0624. The molecule has 0 amide bonds. The summed E-state index contributed by atoms with van der Waals surface area (Å²) in [5.41, 5.74) is 13.2. The maximum Gasteiger partial charge on any atom is 0.270 e. The van der Waals surface area contributed by atoms with Gasteiger partial charge in [-0.2, -0.15) is 9.15 Å². The number of allylic oxidation sites excluding steroid dienone is 8. The van der Waals surface area contributed by atoms with E-state index in [0.717, 1.165) is 119 Å². The molecule has 390 valence electrons. The molecule has 0 N–H and O–H groups in total. The van der Waals surface area contributed by atoms with Crippen molar-refractivity contribution in [2.45, 2.75) is 127 Å². The van der Waals surface area contributed by atoms with Crippen molar-refractivity contribution in [1.29, 1.82) is 0 Å². The van der Waals surface area contributed by atoms with Gasteiger partial charge in [-0.3, -0.25) is 20.2 Å². The highest BCUT2D eigenvalue weighted by Gasteiger charge is 2.51. The summed E-state index contributed by atoms with van der Waals surface area (Å²) >= 11 is 27.2. The number of nitro benzene ring substituents is 2. The largest absolute Gasteiger partial charge is 0.347 e. The van der Waals surface area contributed by atoms with Gasteiger partial charge in [0.25, 0.3) is 11.4 Å². The molecule has 0 aromatic heterocycles. The number of rotatable bonds is 10. The van der Waals surface area contributed by atoms with E-state index in [1.807, 2.05) is 36.4 Å². The van der Waals surface area contributed by atoms with Crippen molar-refractivity contribution in [2.24, 2.45) is 0 Å². The van der Waals surface area contributed by atoms with Gasteiger partial charge in [-0.25, -0.2) is 0 Å². The van der Waals surface area contributed by atoms with Crippen molar-refractivity contribution in [2.75, 3.05) is 23.9 Å². The molecule has 0 radical (unpaired) electrons. The van der Waals surface area contributed by atoms with Gasteiger partial charge in [0.1, 0.15) is 0 Å². The van der Waals surface area contributed by atoms with Crippen LogP contribution in [0.5, 0.6) is 0 Å². The lowest BCUT2D eigenvalue weighted by Gasteiger charge is -2.36. The Labute approximate surface area is 465 Å². The highest BCUT2D eigenvalue weighted by Crippen LogP contribution is 2.59. The highest BCUT2D eigenvalue weighted by atomic mass is 35.5. The molecule has 4 aliphatic heterocycles. The van der Waals surface area contributed by atoms with Crippen LogP contribution in [0.1, 0.15) is 125 Å². The molecule has 0 saturated heterocycles. The van der Waals surface area contributed by atoms with Crippen LogP contribution < -0.4 is 9.80 Å². The van der Waals surface area contributed by atoms with Gasteiger partial charge in [-0.15, -0.1) is 0 Å². The molecule has 0 atom stereocenters. The van der Waals surface area contributed by atoms with E-state index in [1.165, 1.54) is 24.2 Å². The smallest absolute Gasteiger partial charge is 0.270 e. The van der Waals surface area contributed by atoms with Crippen LogP contribution >= 0.6 is 46.4 Å². The summed E-state index contributed by atoms with van der Waals surface area (Å²) in [6.45, 7) is 9.62. The van der Waals surface area contributed by atoms with E-state index >= 15 is 0 Å². The number of nitrogens with zero attached hydrogens (tertiary/aromatic N) is 6. The van der Waals surface area contributed by atoms with Crippen LogP contribution in [-0.2, 0) is 34.7 Å². The van der Waals surface area contributed by atoms with Crippen molar-refractivity contribution >= 4 is 92.0 Å². The monoisotopic (exact) mass is 1090 g/mol. The number of hydrogen-bond acceptors (Lipinski definition) is 6. The third-order valence-electron chi connectivity index (χ3n) is 17.8. The lowest BCUT2D eigenvalue weighted by atomic mass is 9.68. The minimum Gasteiger partial charge on any atom is -0.347 e. The van der Waals surface area contributed by atoms with E-state index in [-0.39, 0.29) is 32.1 Å². The number of non-ortho nitro benzene ring substituents is 2. The van der Waals surface area contributed by atoms with Crippen LogP contribution in [0.2, 0.25) is 20.1 Å². The van der Waals surface area contributed by atoms with Gasteiger partial charge in [-0.05, 0) is 89.8 Å². The fourth-order valence-electron chi connectivity index (χ4n) is 14.1. The van der Waals surface area contributed by atoms with E-state index in [1.54, 1.807) is 24.3 Å². The lowest BCUT2D eigenvalue weighted by Crippen LogP contribution is -2.32. The second-order valence-electron chi connectivity index (χ2n) is 22.7. The molecule has 2 spiro atoms. The van der Waals surface area contributed by atoms with Crippen molar-refractivity contribution < 1.29 is 19.0 Å². The second-order valence-corrected chi connectivity index (χ2v) is 24.4. The summed E-state index contributed by atoms with van der Waals surface area (Å²) in [5.74, 6) is 0. The summed E-state index contributed by atoms with van der Waals surface area (Å²) in [7, 11) is 4.20. The first-order chi connectivity index (χ1) is 36.3. The molecule has 10 nitrogen and oxygen atoms in total. The summed E-state index contributed by atoms with van der Waals surface area (Å²) < 4.78 is 4.58. The molecule has 2 saturated carbocycles. The Kier molecular flexibility index (Phi) is 13.3. The molecule has 4 heterocycles. The van der Waals surface area contributed by atoms with Gasteiger partial charge in [0, 0.05) is 150 Å². The molecule has 0 bridgehead atoms. The van der Waals surface area contributed by atoms with E-state index in [0.29, 0.717) is 33.2 Å². The molecule has 76 heavy (non-hydrogen) atoms. The first kappa shape index (κ1) is 52.0. The number of fused-ring (bicyclic) bond motifs is 6. The average Bonchev–Trinajstić information content (AvgIpc) is 3.94. The first-order valence-electron chi connectivity index (χ1n) is 26.5. The van der Waals surface area contributed by atoms with Crippen molar-refractivity contribution in [3.63, 3.8) is 0 Å². The topological polar surface area (TPSA) is 98.8 Å². The zero-order valence-corrected chi connectivity index (χ0v) is 46.9. The fourth-order valence-corrected chi connectivity index (χ4v) is 15.4. The van der Waals surface area contributed by atoms with E-state index in [9.17, 15) is 20.2 Å². The van der Waals surface area contributed by atoms with Crippen LogP contribution in [0.25, 0.3) is 0 Å². The van der Waals surface area contributed by atoms with Crippen molar-refractivity contribution in [1.82, 2.24) is 0 Å². The fraction of sp³-hybridized carbons (Fsp3) is 0.355. The standard InChI is InChI=1S/C62H62Cl4N6O4/c1-59(2)45-35-43(71(73)74)23-25-49(45)69(53(59)15-13-17-55-61(27-9-7-10-28-61)57-47(65)31-41(63)33-51(57)67(55)5)37-39-19-21-40(22-20-39)38-70-50-26-24-44(72(75)76)36-46(50)60(3,4)54(70)16-14-18-56-62(29-11-8-12-30-62)58-48(66)32-42(64)34-52(58)68(56)6/h13-26,31-36H,7-12,27-30,37-38H2,1-6H3/q+2. The number of nitro groups is 2. The molecular formula is C62H62Cl4N6O4+2. The zero-order valence-electron chi connectivity index (χ0n) is 43.9. The first-order valence-corrected chi connectivity index (χ1v) is 28.0. The quantitative estimate of drug-likeness (QED) is 0.0785. The van der Waals surface area contributed by atoms with Crippen molar-refractivity contribution in [3.05, 3.63) is 206 Å². The predicted molar refractivity (Wildman–Crippen MR) is 310 cm³/mol. The SMILES string of the molecule is CN1/C(=C/C=C/C2=[N+](Cc3ccc(C[N+]4=C(/C=C/C=C5/N(C)c6cc(Cl)cc(Cl)c6C56CCCCC6)C(C)(C)c5cc([N+](=O)[O-])ccc54)cc3)c3ccc([N+](=O)[O-])cc3C2(C)C)C2(CCCCC2)c2c(Cl)cc(Cl)cc21. The normalized spacial score (nSPS) is 20.8. The number of benzene rings is 5. The molecular weight excluding hydrogens is 1030 g/mol. The van der Waals surface area contributed by atoms with E-state index in [2.05, 4.69) is 121 Å². The maximum absolute atomic E-state index is 12.2. The van der Waals surface area contributed by atoms with Gasteiger partial charge < -0.3 is 9.80 Å². The van der Waals surface area contributed by atoms with Gasteiger partial charge in [0.15, 0.2) is 24.5 Å². The van der Waals surface area contributed by atoms with Gasteiger partial charge in [0.05, 0.1) is 20.7 Å². The number of halogens is 4. The van der Waals surface area contributed by atoms with Crippen LogP contribution in [0.15, 0.2) is 133 Å². The Hall–Kier alpha value is -6.04. The molecule has 0 unspecified atom stereocenters. The van der Waals surface area contributed by atoms with Crippen LogP contribution in [0, 0.1) is 20.2 Å².